The molecule has 5 heteroatoms. The van der Waals surface area contributed by atoms with Crippen molar-refractivity contribution in [1.82, 2.24) is 0 Å². The number of hydrogen-bond acceptors (Lipinski definition) is 4. The molecule has 1 aliphatic rings. The lowest BCUT2D eigenvalue weighted by Crippen LogP contribution is -2.07. The quantitative estimate of drug-likeness (QED) is 0.693. The zero-order chi connectivity index (χ0) is 19.9. The smallest absolute Gasteiger partial charge is 0.338 e. The van der Waals surface area contributed by atoms with Gasteiger partial charge in [0.15, 0.2) is 0 Å². The highest BCUT2D eigenvalue weighted by atomic mass is 19.1. The van der Waals surface area contributed by atoms with Gasteiger partial charge in [0, 0.05) is 11.8 Å². The molecule has 0 aromatic heterocycles. The van der Waals surface area contributed by atoms with Gasteiger partial charge in [-0.2, -0.15) is 0 Å². The summed E-state index contributed by atoms with van der Waals surface area (Å²) in [6.45, 7) is 1.93. The first-order valence-electron chi connectivity index (χ1n) is 9.01. The molecule has 0 heterocycles. The maximum Gasteiger partial charge on any atom is 0.338 e. The zero-order valence-electron chi connectivity index (χ0n) is 15.5. The highest BCUT2D eigenvalue weighted by molar-refractivity contribution is 6.10. The van der Waals surface area contributed by atoms with Gasteiger partial charge in [-0.15, -0.1) is 0 Å². The molecule has 0 atom stereocenters. The Balaban J connectivity index is 1.74. The van der Waals surface area contributed by atoms with Crippen molar-refractivity contribution in [2.24, 2.45) is 0 Å². The van der Waals surface area contributed by atoms with Crippen molar-refractivity contribution in [3.05, 3.63) is 101 Å². The fraction of sp³-hybridized carbons (Fsp3) is 0.130. The van der Waals surface area contributed by atoms with Gasteiger partial charge in [0.1, 0.15) is 5.82 Å². The summed E-state index contributed by atoms with van der Waals surface area (Å²) in [6.07, 6.45) is 7.91. The molecule has 0 amide bonds. The molecule has 0 unspecified atom stereocenters. The second kappa shape index (κ2) is 8.95. The fourth-order valence-electron chi connectivity index (χ4n) is 2.80. The lowest BCUT2D eigenvalue weighted by atomic mass is 9.96. The summed E-state index contributed by atoms with van der Waals surface area (Å²) in [5.74, 6) is -1.12. The highest BCUT2D eigenvalue weighted by Gasteiger charge is 2.11. The Kier molecular flexibility index (Phi) is 6.17. The summed E-state index contributed by atoms with van der Waals surface area (Å²) in [7, 11) is 0. The first-order chi connectivity index (χ1) is 13.6. The largest absolute Gasteiger partial charge is 0.462 e. The van der Waals surface area contributed by atoms with E-state index in [1.807, 2.05) is 30.4 Å². The van der Waals surface area contributed by atoms with Crippen LogP contribution in [0.3, 0.4) is 0 Å². The number of anilines is 1. The normalized spacial score (nSPS) is 14.7. The molecule has 28 heavy (non-hydrogen) atoms. The number of esters is 1. The van der Waals surface area contributed by atoms with E-state index in [1.54, 1.807) is 19.2 Å². The molecule has 0 radical (unpaired) electrons. The number of ether oxygens (including phenoxy) is 1. The Morgan fingerprint density at radius 2 is 1.96 bits per heavy atom. The van der Waals surface area contributed by atoms with E-state index < -0.39 is 11.8 Å². The standard InChI is InChI=1S/C23H21FN2O2/c1-2-28-23(27)18-9-11-22(20(24)14-18)26-15-19-13-17(8-10-21(19)25)12-16-6-4-3-5-7-16/h3-11,13-15,25-26H,2,12H2,1H3/b19-15-,25-21?. The average molecular weight is 376 g/mol. The zero-order valence-corrected chi connectivity index (χ0v) is 15.5. The van der Waals surface area contributed by atoms with E-state index in [4.69, 9.17) is 10.1 Å². The number of benzene rings is 2. The molecule has 2 N–H and O–H groups in total. The molecule has 0 fully saturated rings. The van der Waals surface area contributed by atoms with Crippen LogP contribution in [0.5, 0.6) is 0 Å². The molecule has 2 aromatic rings. The Morgan fingerprint density at radius 3 is 2.68 bits per heavy atom. The van der Waals surface area contributed by atoms with Gasteiger partial charge in [-0.05, 0) is 54.8 Å². The van der Waals surface area contributed by atoms with Crippen LogP contribution in [-0.4, -0.2) is 18.3 Å². The van der Waals surface area contributed by atoms with Crippen LogP contribution in [0.1, 0.15) is 22.8 Å². The van der Waals surface area contributed by atoms with Crippen LogP contribution >= 0.6 is 0 Å². The lowest BCUT2D eigenvalue weighted by Gasteiger charge is -2.12. The minimum atomic E-state index is -0.561. The molecule has 3 rings (SSSR count). The monoisotopic (exact) mass is 376 g/mol. The van der Waals surface area contributed by atoms with E-state index in [0.29, 0.717) is 11.3 Å². The summed E-state index contributed by atoms with van der Waals surface area (Å²) in [5.41, 5.74) is 3.63. The van der Waals surface area contributed by atoms with Gasteiger partial charge in [0.05, 0.1) is 23.6 Å². The van der Waals surface area contributed by atoms with E-state index in [9.17, 15) is 9.18 Å². The minimum Gasteiger partial charge on any atom is -0.462 e. The van der Waals surface area contributed by atoms with Gasteiger partial charge >= 0.3 is 5.97 Å². The maximum absolute atomic E-state index is 14.3. The van der Waals surface area contributed by atoms with E-state index >= 15 is 0 Å². The Hall–Kier alpha value is -3.47. The molecular weight excluding hydrogens is 355 g/mol. The van der Waals surface area contributed by atoms with Gasteiger partial charge in [-0.3, -0.25) is 0 Å². The SMILES string of the molecule is CCOC(=O)c1ccc(N/C=C2/C=C(Cc3ccccc3)C=CC2=N)c(F)c1. The third-order valence-corrected chi connectivity index (χ3v) is 4.23. The Bertz CT molecular complexity index is 975. The van der Waals surface area contributed by atoms with Crippen LogP contribution in [0.25, 0.3) is 0 Å². The molecule has 142 valence electrons. The first-order valence-corrected chi connectivity index (χ1v) is 9.01. The van der Waals surface area contributed by atoms with Crippen LogP contribution in [0, 0.1) is 11.2 Å². The average Bonchev–Trinajstić information content (AvgIpc) is 2.70. The summed E-state index contributed by atoms with van der Waals surface area (Å²) >= 11 is 0. The van der Waals surface area contributed by atoms with Crippen molar-refractivity contribution in [1.29, 1.82) is 5.41 Å². The molecule has 0 saturated heterocycles. The van der Waals surface area contributed by atoms with Gasteiger partial charge in [-0.25, -0.2) is 9.18 Å². The van der Waals surface area contributed by atoms with E-state index in [2.05, 4.69) is 17.4 Å². The number of nitrogens with one attached hydrogen (secondary N) is 2. The van der Waals surface area contributed by atoms with E-state index in [0.717, 1.165) is 18.1 Å². The molecule has 0 saturated carbocycles. The van der Waals surface area contributed by atoms with Crippen LogP contribution < -0.4 is 5.32 Å². The van der Waals surface area contributed by atoms with Crippen molar-refractivity contribution in [2.75, 3.05) is 11.9 Å². The van der Waals surface area contributed by atoms with Gasteiger partial charge in [0.2, 0.25) is 0 Å². The summed E-state index contributed by atoms with van der Waals surface area (Å²) in [6, 6.07) is 14.2. The molecular formula is C23H21FN2O2. The van der Waals surface area contributed by atoms with Crippen molar-refractivity contribution >= 4 is 17.4 Å². The summed E-state index contributed by atoms with van der Waals surface area (Å²) < 4.78 is 19.2. The molecule has 0 bridgehead atoms. The Morgan fingerprint density at radius 1 is 1.18 bits per heavy atom. The van der Waals surface area contributed by atoms with Crippen molar-refractivity contribution in [3.8, 4) is 0 Å². The van der Waals surface area contributed by atoms with E-state index in [1.165, 1.54) is 17.7 Å². The summed E-state index contributed by atoms with van der Waals surface area (Å²) in [5, 5.41) is 11.0. The number of rotatable bonds is 6. The lowest BCUT2D eigenvalue weighted by molar-refractivity contribution is 0.0526. The maximum atomic E-state index is 14.3. The van der Waals surface area contributed by atoms with Crippen molar-refractivity contribution < 1.29 is 13.9 Å². The van der Waals surface area contributed by atoms with Gasteiger partial charge < -0.3 is 15.5 Å². The number of carbonyl (C=O) groups excluding carboxylic acids is 1. The Labute approximate surface area is 163 Å². The van der Waals surface area contributed by atoms with Crippen molar-refractivity contribution in [3.63, 3.8) is 0 Å². The van der Waals surface area contributed by atoms with Crippen LogP contribution in [0.4, 0.5) is 10.1 Å². The van der Waals surface area contributed by atoms with Crippen LogP contribution in [0.15, 0.2) is 84.1 Å². The third-order valence-electron chi connectivity index (χ3n) is 4.23. The van der Waals surface area contributed by atoms with Gasteiger partial charge in [-0.1, -0.05) is 36.4 Å². The van der Waals surface area contributed by atoms with Crippen LogP contribution in [0.2, 0.25) is 0 Å². The highest BCUT2D eigenvalue weighted by Crippen LogP contribution is 2.20. The molecule has 0 spiro atoms. The first kappa shape index (κ1) is 19.3. The van der Waals surface area contributed by atoms with Crippen LogP contribution in [-0.2, 0) is 11.2 Å². The topological polar surface area (TPSA) is 62.2 Å². The third kappa shape index (κ3) is 4.82. The molecule has 2 aromatic carbocycles. The second-order valence-corrected chi connectivity index (χ2v) is 6.29. The minimum absolute atomic E-state index is 0.163. The van der Waals surface area contributed by atoms with Gasteiger partial charge in [0.25, 0.3) is 0 Å². The predicted octanol–water partition coefficient (Wildman–Crippen LogP) is 5.06. The number of carbonyl (C=O) groups is 1. The number of hydrogen-bond donors (Lipinski definition) is 2. The second-order valence-electron chi connectivity index (χ2n) is 6.29. The molecule has 1 aliphatic carbocycles. The fourth-order valence-corrected chi connectivity index (χ4v) is 2.80. The van der Waals surface area contributed by atoms with E-state index in [-0.39, 0.29) is 17.9 Å². The summed E-state index contributed by atoms with van der Waals surface area (Å²) in [4.78, 5) is 11.7. The molecule has 0 aliphatic heterocycles. The van der Waals surface area contributed by atoms with Crippen molar-refractivity contribution in [2.45, 2.75) is 13.3 Å². The predicted molar refractivity (Wildman–Crippen MR) is 109 cm³/mol. The number of halogens is 1. The molecule has 4 nitrogen and oxygen atoms in total. The number of allylic oxidation sites excluding steroid dienone is 5.